The van der Waals surface area contributed by atoms with Crippen molar-refractivity contribution in [1.29, 1.82) is 0 Å². The molecule has 22 heavy (non-hydrogen) atoms. The zero-order chi connectivity index (χ0) is 15.4. The van der Waals surface area contributed by atoms with Crippen molar-refractivity contribution in [2.75, 3.05) is 5.75 Å². The molecule has 0 radical (unpaired) electrons. The number of nitrogens with one attached hydrogen (secondary N) is 1. The first-order valence-electron chi connectivity index (χ1n) is 7.92. The summed E-state index contributed by atoms with van der Waals surface area (Å²) in [4.78, 5) is 16.7. The minimum atomic E-state index is 0.145. The molecule has 0 unspecified atom stereocenters. The van der Waals surface area contributed by atoms with Crippen LogP contribution < -0.4 is 5.32 Å². The quantitative estimate of drug-likeness (QED) is 0.893. The van der Waals surface area contributed by atoms with E-state index in [1.165, 1.54) is 18.4 Å². The summed E-state index contributed by atoms with van der Waals surface area (Å²) in [5, 5.41) is 3.17. The van der Waals surface area contributed by atoms with Gasteiger partial charge in [0.15, 0.2) is 0 Å². The van der Waals surface area contributed by atoms with Crippen LogP contribution in [0.3, 0.4) is 0 Å². The monoisotopic (exact) mass is 334 g/mol. The van der Waals surface area contributed by atoms with Gasteiger partial charge in [-0.3, -0.25) is 4.79 Å². The Morgan fingerprint density at radius 1 is 1.32 bits per heavy atom. The highest BCUT2D eigenvalue weighted by atomic mass is 32.2. The molecule has 1 amide bonds. The lowest BCUT2D eigenvalue weighted by Gasteiger charge is -2.26. The first-order valence-corrected chi connectivity index (χ1v) is 9.89. The van der Waals surface area contributed by atoms with Crippen molar-refractivity contribution >= 4 is 39.5 Å². The second kappa shape index (κ2) is 7.55. The molecular weight excluding hydrogens is 312 g/mol. The lowest BCUT2D eigenvalue weighted by atomic mass is 9.87. The fourth-order valence-electron chi connectivity index (χ4n) is 2.89. The molecule has 3 rings (SSSR count). The molecule has 5 heteroatoms. The average Bonchev–Trinajstić information content (AvgIpc) is 2.55. The van der Waals surface area contributed by atoms with Crippen LogP contribution >= 0.6 is 23.5 Å². The molecular formula is C17H22N2OS2. The van der Waals surface area contributed by atoms with Gasteiger partial charge in [-0.2, -0.15) is 0 Å². The maximum absolute atomic E-state index is 12.1. The minimum absolute atomic E-state index is 0.145. The fourth-order valence-corrected chi connectivity index (χ4v) is 4.76. The summed E-state index contributed by atoms with van der Waals surface area (Å²) in [6, 6.07) is 8.59. The van der Waals surface area contributed by atoms with Crippen molar-refractivity contribution in [3.05, 3.63) is 29.8 Å². The maximum atomic E-state index is 12.1. The summed E-state index contributed by atoms with van der Waals surface area (Å²) in [5.41, 5.74) is 2.32. The number of para-hydroxylation sites is 1. The van der Waals surface area contributed by atoms with E-state index >= 15 is 0 Å². The third kappa shape index (κ3) is 4.29. The Balaban J connectivity index is 1.47. The summed E-state index contributed by atoms with van der Waals surface area (Å²) < 4.78 is 1.01. The lowest BCUT2D eigenvalue weighted by molar-refractivity contribution is -0.119. The molecule has 2 aliphatic rings. The molecule has 1 aliphatic carbocycles. The van der Waals surface area contributed by atoms with E-state index in [0.29, 0.717) is 11.8 Å². The zero-order valence-corrected chi connectivity index (χ0v) is 14.5. The normalized spacial score (nSPS) is 24.3. The molecule has 1 aliphatic heterocycles. The van der Waals surface area contributed by atoms with Gasteiger partial charge in [-0.05, 0) is 43.2 Å². The van der Waals surface area contributed by atoms with E-state index in [9.17, 15) is 4.79 Å². The number of thioether (sulfide) groups is 2. The van der Waals surface area contributed by atoms with Crippen LogP contribution in [0.25, 0.3) is 0 Å². The van der Waals surface area contributed by atoms with Gasteiger partial charge in [0.2, 0.25) is 5.91 Å². The third-order valence-corrected chi connectivity index (χ3v) is 6.51. The summed E-state index contributed by atoms with van der Waals surface area (Å²) in [5.74, 6) is 2.38. The van der Waals surface area contributed by atoms with Crippen LogP contribution in [0, 0.1) is 5.92 Å². The van der Waals surface area contributed by atoms with E-state index in [1.54, 1.807) is 23.5 Å². The highest BCUT2D eigenvalue weighted by Gasteiger charge is 2.20. The van der Waals surface area contributed by atoms with Gasteiger partial charge in [0.1, 0.15) is 4.38 Å². The second-order valence-electron chi connectivity index (χ2n) is 6.11. The Hall–Kier alpha value is -0.940. The SMILES string of the molecule is CC1CCC(NC(=O)CSC2=Nc3ccccc3CS2)CC1. The number of rotatable bonds is 3. The smallest absolute Gasteiger partial charge is 0.230 e. The number of carbonyl (C=O) groups is 1. The Labute approximate surface area is 140 Å². The van der Waals surface area contributed by atoms with Crippen LogP contribution in [0.15, 0.2) is 29.3 Å². The molecule has 0 spiro atoms. The molecule has 0 aromatic heterocycles. The molecule has 1 saturated carbocycles. The van der Waals surface area contributed by atoms with Gasteiger partial charge in [0.25, 0.3) is 0 Å². The molecule has 0 bridgehead atoms. The predicted molar refractivity (Wildman–Crippen MR) is 96.9 cm³/mol. The lowest BCUT2D eigenvalue weighted by Crippen LogP contribution is -2.38. The summed E-state index contributed by atoms with van der Waals surface area (Å²) in [6.07, 6.45) is 4.72. The molecule has 1 aromatic rings. The van der Waals surface area contributed by atoms with E-state index < -0.39 is 0 Å². The summed E-state index contributed by atoms with van der Waals surface area (Å²) in [6.45, 7) is 2.30. The molecule has 1 N–H and O–H groups in total. The topological polar surface area (TPSA) is 41.5 Å². The van der Waals surface area contributed by atoms with Gasteiger partial charge >= 0.3 is 0 Å². The Morgan fingerprint density at radius 2 is 2.09 bits per heavy atom. The van der Waals surface area contributed by atoms with Gasteiger partial charge < -0.3 is 5.32 Å². The Kier molecular flexibility index (Phi) is 5.47. The fraction of sp³-hybridized carbons (Fsp3) is 0.529. The number of carbonyl (C=O) groups excluding carboxylic acids is 1. The van der Waals surface area contributed by atoms with E-state index in [4.69, 9.17) is 0 Å². The number of hydrogen-bond acceptors (Lipinski definition) is 4. The van der Waals surface area contributed by atoms with Crippen LogP contribution in [0.2, 0.25) is 0 Å². The van der Waals surface area contributed by atoms with Crippen molar-refractivity contribution in [3.63, 3.8) is 0 Å². The van der Waals surface area contributed by atoms with Crippen LogP contribution in [0.5, 0.6) is 0 Å². The average molecular weight is 335 g/mol. The number of fused-ring (bicyclic) bond motifs is 1. The van der Waals surface area contributed by atoms with Gasteiger partial charge in [0.05, 0.1) is 11.4 Å². The van der Waals surface area contributed by atoms with Gasteiger partial charge in [0, 0.05) is 11.8 Å². The van der Waals surface area contributed by atoms with Crippen LogP contribution in [0.4, 0.5) is 5.69 Å². The van der Waals surface area contributed by atoms with Crippen molar-refractivity contribution in [2.24, 2.45) is 10.9 Å². The first kappa shape index (κ1) is 15.9. The second-order valence-corrected chi connectivity index (χ2v) is 8.29. The minimum Gasteiger partial charge on any atom is -0.353 e. The Morgan fingerprint density at radius 3 is 2.91 bits per heavy atom. The van der Waals surface area contributed by atoms with E-state index in [2.05, 4.69) is 23.3 Å². The molecule has 3 nitrogen and oxygen atoms in total. The summed E-state index contributed by atoms with van der Waals surface area (Å²) >= 11 is 3.29. The van der Waals surface area contributed by atoms with Gasteiger partial charge in [-0.1, -0.05) is 48.6 Å². The number of benzene rings is 1. The van der Waals surface area contributed by atoms with Gasteiger partial charge in [-0.25, -0.2) is 4.99 Å². The third-order valence-electron chi connectivity index (χ3n) is 4.26. The number of amides is 1. The summed E-state index contributed by atoms with van der Waals surface area (Å²) in [7, 11) is 0. The molecule has 1 aromatic carbocycles. The Bertz CT molecular complexity index is 566. The van der Waals surface area contributed by atoms with Crippen LogP contribution in [0.1, 0.15) is 38.2 Å². The predicted octanol–water partition coefficient (Wildman–Crippen LogP) is 4.35. The molecule has 0 atom stereocenters. The molecule has 0 saturated heterocycles. The van der Waals surface area contributed by atoms with E-state index in [0.717, 1.165) is 34.6 Å². The highest BCUT2D eigenvalue weighted by molar-refractivity contribution is 8.38. The first-order chi connectivity index (χ1) is 10.7. The van der Waals surface area contributed by atoms with Crippen molar-refractivity contribution in [3.8, 4) is 0 Å². The zero-order valence-electron chi connectivity index (χ0n) is 12.9. The number of aliphatic imine (C=N–C) groups is 1. The molecule has 1 heterocycles. The van der Waals surface area contributed by atoms with E-state index in [-0.39, 0.29) is 5.91 Å². The maximum Gasteiger partial charge on any atom is 0.230 e. The standard InChI is InChI=1S/C17H22N2OS2/c1-12-6-8-14(9-7-12)18-16(20)11-22-17-19-15-5-3-2-4-13(15)10-21-17/h2-5,12,14H,6-11H2,1H3,(H,18,20). The van der Waals surface area contributed by atoms with Crippen LogP contribution in [-0.4, -0.2) is 22.1 Å². The van der Waals surface area contributed by atoms with E-state index in [1.807, 2.05) is 18.2 Å². The van der Waals surface area contributed by atoms with Crippen molar-refractivity contribution in [1.82, 2.24) is 5.32 Å². The molecule has 118 valence electrons. The van der Waals surface area contributed by atoms with Crippen molar-refractivity contribution < 1.29 is 4.79 Å². The number of hydrogen-bond donors (Lipinski definition) is 1. The largest absolute Gasteiger partial charge is 0.353 e. The number of nitrogens with zero attached hydrogens (tertiary/aromatic N) is 1. The highest BCUT2D eigenvalue weighted by Crippen LogP contribution is 2.34. The van der Waals surface area contributed by atoms with Gasteiger partial charge in [-0.15, -0.1) is 0 Å². The van der Waals surface area contributed by atoms with Crippen LogP contribution in [-0.2, 0) is 10.5 Å². The molecule has 1 fully saturated rings. The van der Waals surface area contributed by atoms with Crippen molar-refractivity contribution in [2.45, 2.75) is 44.4 Å².